The fraction of sp³-hybridized carbons (Fsp3) is 0.600. The van der Waals surface area contributed by atoms with Crippen molar-refractivity contribution in [1.82, 2.24) is 4.90 Å². The van der Waals surface area contributed by atoms with E-state index < -0.39 is 0 Å². The summed E-state index contributed by atoms with van der Waals surface area (Å²) in [7, 11) is 0. The molecule has 0 spiro atoms. The van der Waals surface area contributed by atoms with Crippen molar-refractivity contribution >= 4 is 33.2 Å². The van der Waals surface area contributed by atoms with Gasteiger partial charge in [-0.15, -0.1) is 0 Å². The predicted molar refractivity (Wildman–Crippen MR) is 87.1 cm³/mol. The van der Waals surface area contributed by atoms with Crippen LogP contribution in [0.4, 0.5) is 5.69 Å². The molecule has 1 N–H and O–H groups in total. The van der Waals surface area contributed by atoms with Crippen molar-refractivity contribution in [2.75, 3.05) is 18.4 Å². The highest BCUT2D eigenvalue weighted by Gasteiger charge is 2.19. The van der Waals surface area contributed by atoms with E-state index in [1.54, 1.807) is 0 Å². The molecule has 0 aromatic heterocycles. The van der Waals surface area contributed by atoms with E-state index in [4.69, 9.17) is 11.6 Å². The quantitative estimate of drug-likeness (QED) is 0.848. The minimum atomic E-state index is 0.540. The summed E-state index contributed by atoms with van der Waals surface area (Å²) in [6.07, 6.45) is 3.67. The molecule has 0 aliphatic carbocycles. The topological polar surface area (TPSA) is 15.3 Å². The van der Waals surface area contributed by atoms with Gasteiger partial charge >= 0.3 is 0 Å². The Balaban J connectivity index is 1.98. The predicted octanol–water partition coefficient (Wildman–Crippen LogP) is 4.78. The summed E-state index contributed by atoms with van der Waals surface area (Å²) < 4.78 is 1.09. The maximum Gasteiger partial charge on any atom is 0.0501 e. The Morgan fingerprint density at radius 2 is 2.11 bits per heavy atom. The molecule has 0 bridgehead atoms. The van der Waals surface area contributed by atoms with E-state index in [0.717, 1.165) is 15.2 Å². The molecule has 1 fully saturated rings. The summed E-state index contributed by atoms with van der Waals surface area (Å²) in [6.45, 7) is 6.95. The number of nitrogens with zero attached hydrogens (tertiary/aromatic N) is 1. The Bertz CT molecular complexity index is 423. The van der Waals surface area contributed by atoms with Crippen molar-refractivity contribution in [3.8, 4) is 0 Å². The van der Waals surface area contributed by atoms with Crippen LogP contribution in [0.5, 0.6) is 0 Å². The van der Waals surface area contributed by atoms with Gasteiger partial charge in [-0.25, -0.2) is 0 Å². The number of halogens is 2. The first-order valence-corrected chi connectivity index (χ1v) is 8.19. The summed E-state index contributed by atoms with van der Waals surface area (Å²) in [5.74, 6) is 0. The van der Waals surface area contributed by atoms with Gasteiger partial charge < -0.3 is 10.2 Å². The first-order chi connectivity index (χ1) is 9.06. The molecule has 0 amide bonds. The Morgan fingerprint density at radius 1 is 1.32 bits per heavy atom. The molecule has 106 valence electrons. The number of nitrogens with one attached hydrogen (secondary N) is 1. The summed E-state index contributed by atoms with van der Waals surface area (Å²) in [5, 5.41) is 4.41. The van der Waals surface area contributed by atoms with E-state index in [-0.39, 0.29) is 0 Å². The molecule has 4 heteroatoms. The standard InChI is InChI=1S/C15H22BrClN2/c1-11(2)19-8-3-4-13(7-9-19)18-15-10-12(17)5-6-14(15)16/h5-6,10-11,13,18H,3-4,7-9H2,1-2H3. The Labute approximate surface area is 129 Å². The van der Waals surface area contributed by atoms with Crippen molar-refractivity contribution in [3.05, 3.63) is 27.7 Å². The molecular formula is C15H22BrClN2. The van der Waals surface area contributed by atoms with Gasteiger partial charge in [0.15, 0.2) is 0 Å². The smallest absolute Gasteiger partial charge is 0.0501 e. The lowest BCUT2D eigenvalue weighted by Crippen LogP contribution is -2.32. The maximum absolute atomic E-state index is 6.06. The van der Waals surface area contributed by atoms with Gasteiger partial charge in [0, 0.05) is 28.1 Å². The molecule has 19 heavy (non-hydrogen) atoms. The molecule has 1 heterocycles. The summed E-state index contributed by atoms with van der Waals surface area (Å²) in [4.78, 5) is 2.56. The zero-order chi connectivity index (χ0) is 13.8. The molecule has 1 atom stereocenters. The minimum absolute atomic E-state index is 0.540. The van der Waals surface area contributed by atoms with Crippen molar-refractivity contribution in [3.63, 3.8) is 0 Å². The first kappa shape index (κ1) is 15.1. The molecule has 2 rings (SSSR count). The van der Waals surface area contributed by atoms with Crippen molar-refractivity contribution in [2.45, 2.75) is 45.2 Å². The first-order valence-electron chi connectivity index (χ1n) is 7.02. The van der Waals surface area contributed by atoms with Crippen molar-refractivity contribution in [2.24, 2.45) is 0 Å². The normalized spacial score (nSPS) is 21.4. The maximum atomic E-state index is 6.06. The monoisotopic (exact) mass is 344 g/mol. The van der Waals surface area contributed by atoms with Gasteiger partial charge in [-0.1, -0.05) is 11.6 Å². The van der Waals surface area contributed by atoms with Gasteiger partial charge in [-0.2, -0.15) is 0 Å². The molecule has 1 unspecified atom stereocenters. The number of benzene rings is 1. The molecule has 1 aromatic rings. The number of likely N-dealkylation sites (tertiary alicyclic amines) is 1. The van der Waals surface area contributed by atoms with Crippen LogP contribution < -0.4 is 5.32 Å². The molecule has 0 radical (unpaired) electrons. The lowest BCUT2D eigenvalue weighted by molar-refractivity contribution is 0.230. The van der Waals surface area contributed by atoms with Gasteiger partial charge in [0.05, 0.1) is 5.69 Å². The summed E-state index contributed by atoms with van der Waals surface area (Å²) >= 11 is 9.64. The van der Waals surface area contributed by atoms with E-state index in [2.05, 4.69) is 40.0 Å². The largest absolute Gasteiger partial charge is 0.381 e. The van der Waals surface area contributed by atoms with Crippen LogP contribution in [0.15, 0.2) is 22.7 Å². The van der Waals surface area contributed by atoms with E-state index in [1.165, 1.54) is 32.4 Å². The highest BCUT2D eigenvalue weighted by Crippen LogP contribution is 2.28. The number of hydrogen-bond acceptors (Lipinski definition) is 2. The van der Waals surface area contributed by atoms with Crippen LogP contribution in [0.1, 0.15) is 33.1 Å². The molecule has 1 aromatic carbocycles. The van der Waals surface area contributed by atoms with E-state index in [0.29, 0.717) is 12.1 Å². The lowest BCUT2D eigenvalue weighted by atomic mass is 10.1. The third-order valence-electron chi connectivity index (χ3n) is 3.78. The van der Waals surface area contributed by atoms with Gasteiger partial charge in [0.2, 0.25) is 0 Å². The fourth-order valence-corrected chi connectivity index (χ4v) is 3.14. The number of anilines is 1. The average molecular weight is 346 g/mol. The Hall–Kier alpha value is -0.250. The van der Waals surface area contributed by atoms with Crippen LogP contribution in [0, 0.1) is 0 Å². The second-order valence-electron chi connectivity index (χ2n) is 5.53. The Morgan fingerprint density at radius 3 is 2.84 bits per heavy atom. The minimum Gasteiger partial charge on any atom is -0.381 e. The lowest BCUT2D eigenvalue weighted by Gasteiger charge is -2.24. The van der Waals surface area contributed by atoms with Crippen molar-refractivity contribution < 1.29 is 0 Å². The van der Waals surface area contributed by atoms with Gasteiger partial charge in [-0.05, 0) is 73.8 Å². The summed E-state index contributed by atoms with van der Waals surface area (Å²) in [5.41, 5.74) is 1.11. The SMILES string of the molecule is CC(C)N1CCCC(Nc2cc(Cl)ccc2Br)CC1. The molecule has 1 aliphatic heterocycles. The van der Waals surface area contributed by atoms with Crippen LogP contribution in [0.25, 0.3) is 0 Å². The van der Waals surface area contributed by atoms with Crippen LogP contribution in [-0.4, -0.2) is 30.1 Å². The second-order valence-corrected chi connectivity index (χ2v) is 6.82. The van der Waals surface area contributed by atoms with Crippen LogP contribution in [-0.2, 0) is 0 Å². The number of hydrogen-bond donors (Lipinski definition) is 1. The molecular weight excluding hydrogens is 324 g/mol. The highest BCUT2D eigenvalue weighted by molar-refractivity contribution is 9.10. The zero-order valence-electron chi connectivity index (χ0n) is 11.6. The molecule has 2 nitrogen and oxygen atoms in total. The fourth-order valence-electron chi connectivity index (χ4n) is 2.61. The van der Waals surface area contributed by atoms with Gasteiger partial charge in [-0.3, -0.25) is 0 Å². The van der Waals surface area contributed by atoms with Crippen LogP contribution >= 0.6 is 27.5 Å². The van der Waals surface area contributed by atoms with Gasteiger partial charge in [0.25, 0.3) is 0 Å². The average Bonchev–Trinajstić information content (AvgIpc) is 2.59. The van der Waals surface area contributed by atoms with E-state index in [1.807, 2.05) is 18.2 Å². The van der Waals surface area contributed by atoms with E-state index >= 15 is 0 Å². The molecule has 0 saturated carbocycles. The van der Waals surface area contributed by atoms with Crippen molar-refractivity contribution in [1.29, 1.82) is 0 Å². The summed E-state index contributed by atoms with van der Waals surface area (Å²) in [6, 6.07) is 7.10. The van der Waals surface area contributed by atoms with Crippen LogP contribution in [0.3, 0.4) is 0 Å². The Kier molecular flexibility index (Phi) is 5.55. The third kappa shape index (κ3) is 4.37. The molecule has 1 saturated heterocycles. The van der Waals surface area contributed by atoms with Crippen LogP contribution in [0.2, 0.25) is 5.02 Å². The van der Waals surface area contributed by atoms with E-state index in [9.17, 15) is 0 Å². The van der Waals surface area contributed by atoms with Gasteiger partial charge in [0.1, 0.15) is 0 Å². The number of rotatable bonds is 3. The zero-order valence-corrected chi connectivity index (χ0v) is 14.0. The highest BCUT2D eigenvalue weighted by atomic mass is 79.9. The third-order valence-corrected chi connectivity index (χ3v) is 4.71. The second kappa shape index (κ2) is 6.96. The molecule has 1 aliphatic rings.